The molecule has 0 aliphatic carbocycles. The molecule has 2 aromatic heterocycles. The fourth-order valence-corrected chi connectivity index (χ4v) is 5.09. The minimum Gasteiger partial charge on any atom is -0.494 e. The van der Waals surface area contributed by atoms with Crippen LogP contribution in [-0.4, -0.2) is 45.0 Å². The highest BCUT2D eigenvalue weighted by Gasteiger charge is 2.45. The zero-order valence-corrected chi connectivity index (χ0v) is 20.1. The van der Waals surface area contributed by atoms with Crippen LogP contribution in [0.1, 0.15) is 48.9 Å². The minimum absolute atomic E-state index is 0.0924. The molecule has 1 aromatic carbocycles. The Hall–Kier alpha value is -3.92. The van der Waals surface area contributed by atoms with Crippen molar-refractivity contribution in [3.05, 3.63) is 56.9 Å². The van der Waals surface area contributed by atoms with Crippen LogP contribution in [0.3, 0.4) is 0 Å². The SMILES string of the molecule is CCc1c2c(nc3ccc(OCCCNC(=O)O)cc13)-c1cc3c(c(=O)n1C2)COC(=O)[C@]3(O)CC. The summed E-state index contributed by atoms with van der Waals surface area (Å²) < 4.78 is 12.6. The molecule has 0 saturated carbocycles. The number of fused-ring (bicyclic) bond motifs is 5. The highest BCUT2D eigenvalue weighted by Crippen LogP contribution is 2.40. The number of amides is 1. The first-order valence-electron chi connectivity index (χ1n) is 12.0. The van der Waals surface area contributed by atoms with Crippen LogP contribution in [0, 0.1) is 0 Å². The maximum atomic E-state index is 13.4. The predicted octanol–water partition coefficient (Wildman–Crippen LogP) is 2.68. The zero-order chi connectivity index (χ0) is 25.6. The number of pyridine rings is 2. The third-order valence-electron chi connectivity index (χ3n) is 7.00. The van der Waals surface area contributed by atoms with Gasteiger partial charge in [0.1, 0.15) is 12.4 Å². The maximum absolute atomic E-state index is 13.4. The van der Waals surface area contributed by atoms with Crippen molar-refractivity contribution < 1.29 is 29.3 Å². The summed E-state index contributed by atoms with van der Waals surface area (Å²) in [5.74, 6) is -0.0897. The van der Waals surface area contributed by atoms with Crippen molar-refractivity contribution in [3.63, 3.8) is 0 Å². The molecular weight excluding hydrogens is 466 g/mol. The third kappa shape index (κ3) is 3.69. The van der Waals surface area contributed by atoms with Gasteiger partial charge in [0, 0.05) is 23.1 Å². The smallest absolute Gasteiger partial charge is 0.404 e. The van der Waals surface area contributed by atoms with Gasteiger partial charge >= 0.3 is 12.1 Å². The van der Waals surface area contributed by atoms with E-state index in [4.69, 9.17) is 19.6 Å². The van der Waals surface area contributed by atoms with Crippen LogP contribution in [0.4, 0.5) is 4.79 Å². The molecule has 4 heterocycles. The molecule has 0 unspecified atom stereocenters. The standard InChI is InChI=1S/C26H27N3O7/c1-3-15-16-10-14(35-9-5-8-27-25(32)33)6-7-20(16)28-22-17(15)12-29-21(22)11-19-18(23(29)30)13-36-24(31)26(19,34)4-2/h6-7,10-11,27,34H,3-5,8-9,12-13H2,1-2H3,(H,32,33)/t26-/m0/s1. The fraction of sp³-hybridized carbons (Fsp3) is 0.385. The van der Waals surface area contributed by atoms with Crippen molar-refractivity contribution in [2.45, 2.75) is 51.9 Å². The van der Waals surface area contributed by atoms with Gasteiger partial charge in [-0.2, -0.15) is 0 Å². The Kier molecular flexibility index (Phi) is 5.91. The molecular formula is C26H27N3O7. The molecule has 36 heavy (non-hydrogen) atoms. The highest BCUT2D eigenvalue weighted by atomic mass is 16.6. The highest BCUT2D eigenvalue weighted by molar-refractivity contribution is 5.90. The summed E-state index contributed by atoms with van der Waals surface area (Å²) in [6.07, 6.45) is 0.269. The van der Waals surface area contributed by atoms with Crippen LogP contribution in [0.15, 0.2) is 29.1 Å². The average molecular weight is 494 g/mol. The van der Waals surface area contributed by atoms with Gasteiger partial charge in [-0.15, -0.1) is 0 Å². The van der Waals surface area contributed by atoms with Crippen LogP contribution < -0.4 is 15.6 Å². The number of carbonyl (C=O) groups excluding carboxylic acids is 1. The maximum Gasteiger partial charge on any atom is 0.404 e. The molecule has 0 spiro atoms. The van der Waals surface area contributed by atoms with Crippen molar-refractivity contribution in [1.29, 1.82) is 0 Å². The molecule has 0 fully saturated rings. The first-order valence-corrected chi connectivity index (χ1v) is 12.0. The van der Waals surface area contributed by atoms with E-state index in [1.165, 1.54) is 0 Å². The van der Waals surface area contributed by atoms with E-state index in [0.29, 0.717) is 60.8 Å². The van der Waals surface area contributed by atoms with Gasteiger partial charge < -0.3 is 29.6 Å². The number of nitrogens with zero attached hydrogens (tertiary/aromatic N) is 2. The quantitative estimate of drug-likeness (QED) is 0.264. The lowest BCUT2D eigenvalue weighted by atomic mass is 9.86. The molecule has 0 saturated heterocycles. The van der Waals surface area contributed by atoms with Crippen LogP contribution in [0.2, 0.25) is 0 Å². The molecule has 3 aromatic rings. The van der Waals surface area contributed by atoms with Crippen molar-refractivity contribution in [3.8, 4) is 17.1 Å². The van der Waals surface area contributed by atoms with Gasteiger partial charge in [0.2, 0.25) is 0 Å². The second kappa shape index (κ2) is 8.94. The number of hydrogen-bond donors (Lipinski definition) is 3. The lowest BCUT2D eigenvalue weighted by Gasteiger charge is -2.31. The largest absolute Gasteiger partial charge is 0.494 e. The number of hydrogen-bond acceptors (Lipinski definition) is 7. The molecule has 0 radical (unpaired) electrons. The van der Waals surface area contributed by atoms with E-state index < -0.39 is 17.7 Å². The van der Waals surface area contributed by atoms with E-state index >= 15 is 0 Å². The number of esters is 1. The van der Waals surface area contributed by atoms with E-state index in [-0.39, 0.29) is 18.6 Å². The minimum atomic E-state index is -1.86. The van der Waals surface area contributed by atoms with Gasteiger partial charge in [-0.25, -0.2) is 14.6 Å². The Morgan fingerprint density at radius 1 is 1.25 bits per heavy atom. The summed E-state index contributed by atoms with van der Waals surface area (Å²) in [4.78, 5) is 41.2. The molecule has 10 nitrogen and oxygen atoms in total. The topological polar surface area (TPSA) is 140 Å². The van der Waals surface area contributed by atoms with Crippen LogP contribution in [0.25, 0.3) is 22.3 Å². The van der Waals surface area contributed by atoms with Gasteiger partial charge in [0.15, 0.2) is 5.60 Å². The first-order chi connectivity index (χ1) is 17.3. The van der Waals surface area contributed by atoms with E-state index in [0.717, 1.165) is 22.0 Å². The summed E-state index contributed by atoms with van der Waals surface area (Å²) in [5.41, 5.74) is 2.42. The second-order valence-electron chi connectivity index (χ2n) is 8.99. The zero-order valence-electron chi connectivity index (χ0n) is 20.1. The Morgan fingerprint density at radius 2 is 2.06 bits per heavy atom. The van der Waals surface area contributed by atoms with Gasteiger partial charge in [-0.1, -0.05) is 13.8 Å². The third-order valence-corrected chi connectivity index (χ3v) is 7.00. The molecule has 2 aliphatic rings. The number of ether oxygens (including phenoxy) is 2. The summed E-state index contributed by atoms with van der Waals surface area (Å²) in [6, 6.07) is 7.31. The number of aromatic nitrogens is 2. The Balaban J connectivity index is 1.55. The van der Waals surface area contributed by atoms with E-state index in [9.17, 15) is 19.5 Å². The van der Waals surface area contributed by atoms with Crippen molar-refractivity contribution in [2.75, 3.05) is 13.2 Å². The molecule has 1 atom stereocenters. The fourth-order valence-electron chi connectivity index (χ4n) is 5.09. The number of aryl methyl sites for hydroxylation is 1. The predicted molar refractivity (Wildman–Crippen MR) is 130 cm³/mol. The summed E-state index contributed by atoms with van der Waals surface area (Å²) >= 11 is 0. The van der Waals surface area contributed by atoms with Crippen LogP contribution in [0.5, 0.6) is 5.75 Å². The number of carbonyl (C=O) groups is 2. The molecule has 188 valence electrons. The van der Waals surface area contributed by atoms with E-state index in [1.807, 2.05) is 25.1 Å². The number of benzene rings is 1. The molecule has 5 rings (SSSR count). The number of rotatable bonds is 7. The molecule has 10 heteroatoms. The monoisotopic (exact) mass is 493 g/mol. The summed E-state index contributed by atoms with van der Waals surface area (Å²) in [7, 11) is 0. The number of nitrogens with one attached hydrogen (secondary N) is 1. The Morgan fingerprint density at radius 3 is 2.78 bits per heavy atom. The lowest BCUT2D eigenvalue weighted by Crippen LogP contribution is -2.44. The van der Waals surface area contributed by atoms with E-state index in [2.05, 4.69) is 5.32 Å². The number of carboxylic acid groups (broad SMARTS) is 1. The first kappa shape index (κ1) is 23.8. The Labute approximate surface area is 206 Å². The van der Waals surface area contributed by atoms with Crippen LogP contribution >= 0.6 is 0 Å². The average Bonchev–Trinajstić information content (AvgIpc) is 3.23. The normalized spacial score (nSPS) is 17.8. The van der Waals surface area contributed by atoms with Crippen molar-refractivity contribution in [2.24, 2.45) is 0 Å². The van der Waals surface area contributed by atoms with Gasteiger partial charge in [-0.05, 0) is 49.1 Å². The van der Waals surface area contributed by atoms with Crippen LogP contribution in [-0.2, 0) is 34.7 Å². The van der Waals surface area contributed by atoms with E-state index in [1.54, 1.807) is 17.6 Å². The molecule has 2 aliphatic heterocycles. The summed E-state index contributed by atoms with van der Waals surface area (Å²) in [6.45, 7) is 4.56. The lowest BCUT2D eigenvalue weighted by molar-refractivity contribution is -0.172. The van der Waals surface area contributed by atoms with Gasteiger partial charge in [-0.3, -0.25) is 4.79 Å². The molecule has 1 amide bonds. The Bertz CT molecular complexity index is 1460. The van der Waals surface area contributed by atoms with Crippen molar-refractivity contribution >= 4 is 23.0 Å². The van der Waals surface area contributed by atoms with Gasteiger partial charge in [0.05, 0.1) is 35.6 Å². The number of aliphatic hydroxyl groups is 1. The number of cyclic esters (lactones) is 1. The van der Waals surface area contributed by atoms with Crippen molar-refractivity contribution in [1.82, 2.24) is 14.9 Å². The summed E-state index contributed by atoms with van der Waals surface area (Å²) in [5, 5.41) is 22.9. The molecule has 3 N–H and O–H groups in total. The van der Waals surface area contributed by atoms with Gasteiger partial charge in [0.25, 0.3) is 5.56 Å². The second-order valence-corrected chi connectivity index (χ2v) is 8.99. The molecule has 0 bridgehead atoms.